The summed E-state index contributed by atoms with van der Waals surface area (Å²) in [6, 6.07) is 3.01. The molecular weight excluding hydrogens is 1150 g/mol. The molecule has 30 nitrogen and oxygen atoms in total. The van der Waals surface area contributed by atoms with E-state index < -0.39 is 209 Å². The van der Waals surface area contributed by atoms with E-state index >= 15 is 0 Å². The minimum atomic E-state index is -2.27. The van der Waals surface area contributed by atoms with Crippen molar-refractivity contribution in [3.8, 4) is 5.75 Å². The molecule has 2 heterocycles. The first-order chi connectivity index (χ1) is 41.5. The lowest BCUT2D eigenvalue weighted by molar-refractivity contribution is -0.297. The molecule has 1 aromatic carbocycles. The van der Waals surface area contributed by atoms with Crippen LogP contribution in [0.3, 0.4) is 0 Å². The molecule has 0 aliphatic carbocycles. The van der Waals surface area contributed by atoms with Gasteiger partial charge in [-0.1, -0.05) is 44.4 Å². The maximum absolute atomic E-state index is 13.8. The Bertz CT molecular complexity index is 2410. The molecular formula is C57H91N5O25. The summed E-state index contributed by atoms with van der Waals surface area (Å²) in [5, 5.41) is 151. The molecule has 0 aromatic heterocycles. The van der Waals surface area contributed by atoms with E-state index in [0.717, 1.165) is 53.0 Å². The maximum Gasteiger partial charge on any atom is 0.251 e. The number of benzene rings is 1. The van der Waals surface area contributed by atoms with E-state index in [1.165, 1.54) is 31.4 Å². The van der Waals surface area contributed by atoms with Gasteiger partial charge in [0.1, 0.15) is 77.8 Å². The number of rotatable bonds is 39. The Labute approximate surface area is 504 Å². The molecule has 2 aliphatic heterocycles. The van der Waals surface area contributed by atoms with E-state index in [0.29, 0.717) is 18.8 Å². The number of aliphatic hydroxyl groups is 13. The molecule has 18 N–H and O–H groups in total. The van der Waals surface area contributed by atoms with E-state index in [9.17, 15) is 90.4 Å². The van der Waals surface area contributed by atoms with Crippen LogP contribution in [0.2, 0.25) is 0 Å². The fourth-order valence-electron chi connectivity index (χ4n) is 9.16. The fraction of sp³-hybridized carbons (Fsp3) is 0.667. The maximum atomic E-state index is 13.8. The third-order valence-corrected chi connectivity index (χ3v) is 13.5. The molecule has 2 aliphatic rings. The number of nitrogens with one attached hydrogen (secondary N) is 5. The zero-order valence-electron chi connectivity index (χ0n) is 49.6. The summed E-state index contributed by atoms with van der Waals surface area (Å²) in [5.74, 6) is -6.28. The molecule has 15 atom stereocenters. The molecule has 30 heteroatoms. The van der Waals surface area contributed by atoms with Crippen LogP contribution >= 0.6 is 0 Å². The van der Waals surface area contributed by atoms with Gasteiger partial charge in [-0.25, -0.2) is 0 Å². The van der Waals surface area contributed by atoms with E-state index in [1.54, 1.807) is 12.1 Å². The quantitative estimate of drug-likeness (QED) is 0.0145. The third-order valence-electron chi connectivity index (χ3n) is 13.5. The van der Waals surface area contributed by atoms with Crippen LogP contribution in [0, 0.1) is 5.92 Å². The number of amides is 5. The van der Waals surface area contributed by atoms with Gasteiger partial charge in [0.2, 0.25) is 29.9 Å². The Kier molecular flexibility index (Phi) is 34.7. The average molecular weight is 1250 g/mol. The molecule has 0 saturated carbocycles. The standard InChI is InChI=1S/C57H91N5O25/c1-6-7-8-9-10-11-12-13-14-22-81-37-17-15-16-36(24-37)53(78)62-46-50(76)49(75)43(28-67)85-57(46)83-38(18-20-63)25-39(58-31(2)69)54(79)87-52-44(29-68)86-56(47(51(52)77)61-34(5)72)82-30-35(26-65)23-41(73)45(60-33(4)71)55(80)84-42(19-21-64)48(74)40(27-66)59-32(3)70/h11-12,15-17,24-25,35,38,42-44,46-47,49-52,54-57,63-68,73-77,79-80H,6-10,13-14,18-23,26-30H2,1-5H3,(H,58,69)(H,59,70)(H,60,71)(H,61,72)(H,62,78)/b12-11-,39-25+,45-41-,48-40-/t35?,38-,42?,43?,44?,46?,47+,49-,50?,51-,52?,54?,55+,56-,57-/m1/s1. The molecule has 87 heavy (non-hydrogen) atoms. The highest BCUT2D eigenvalue weighted by Gasteiger charge is 2.49. The summed E-state index contributed by atoms with van der Waals surface area (Å²) >= 11 is 0. The number of carbonyl (C=O) groups excluding carboxylic acids is 5. The van der Waals surface area contributed by atoms with E-state index in [2.05, 4.69) is 45.7 Å². The van der Waals surface area contributed by atoms with Crippen molar-refractivity contribution in [1.82, 2.24) is 26.6 Å². The van der Waals surface area contributed by atoms with Crippen molar-refractivity contribution in [3.63, 3.8) is 0 Å². The van der Waals surface area contributed by atoms with Gasteiger partial charge in [-0.15, -0.1) is 0 Å². The largest absolute Gasteiger partial charge is 0.510 e. The highest BCUT2D eigenvalue weighted by molar-refractivity contribution is 5.94. The summed E-state index contributed by atoms with van der Waals surface area (Å²) in [6.45, 7) is 1.35. The second-order valence-corrected chi connectivity index (χ2v) is 20.8. The first-order valence-corrected chi connectivity index (χ1v) is 28.8. The van der Waals surface area contributed by atoms with Crippen molar-refractivity contribution in [2.24, 2.45) is 5.92 Å². The first kappa shape index (κ1) is 75.5. The Morgan fingerprint density at radius 1 is 0.701 bits per heavy atom. The van der Waals surface area contributed by atoms with Crippen molar-refractivity contribution in [1.29, 1.82) is 0 Å². The van der Waals surface area contributed by atoms with Crippen molar-refractivity contribution in [2.45, 2.75) is 185 Å². The number of aliphatic hydroxyl groups excluding tert-OH is 13. The molecule has 0 radical (unpaired) electrons. The van der Waals surface area contributed by atoms with Gasteiger partial charge >= 0.3 is 0 Å². The van der Waals surface area contributed by atoms with Gasteiger partial charge in [0.05, 0.1) is 50.5 Å². The second-order valence-electron chi connectivity index (χ2n) is 20.8. The zero-order valence-corrected chi connectivity index (χ0v) is 49.6. The van der Waals surface area contributed by atoms with Gasteiger partial charge in [0, 0.05) is 78.3 Å². The van der Waals surface area contributed by atoms with Crippen LogP contribution in [-0.4, -0.2) is 235 Å². The molecule has 1 aromatic rings. The van der Waals surface area contributed by atoms with Crippen molar-refractivity contribution in [2.75, 3.05) is 52.9 Å². The number of carbonyl (C=O) groups is 5. The van der Waals surface area contributed by atoms with Crippen LogP contribution in [0.4, 0.5) is 0 Å². The van der Waals surface area contributed by atoms with Crippen LogP contribution in [0.5, 0.6) is 5.75 Å². The van der Waals surface area contributed by atoms with Gasteiger partial charge in [0.15, 0.2) is 18.9 Å². The molecule has 2 saturated heterocycles. The summed E-state index contributed by atoms with van der Waals surface area (Å²) in [4.78, 5) is 62.8. The first-order valence-electron chi connectivity index (χ1n) is 28.8. The number of hydrogen-bond donors (Lipinski definition) is 18. The predicted octanol–water partition coefficient (Wildman–Crippen LogP) is -2.11. The smallest absolute Gasteiger partial charge is 0.251 e. The molecule has 2 fully saturated rings. The Balaban J connectivity index is 1.86. The summed E-state index contributed by atoms with van der Waals surface area (Å²) in [7, 11) is 0. The molecule has 494 valence electrons. The number of hydrogen-bond acceptors (Lipinski definition) is 25. The van der Waals surface area contributed by atoms with Gasteiger partial charge in [-0.3, -0.25) is 24.0 Å². The summed E-state index contributed by atoms with van der Waals surface area (Å²) in [6.07, 6.45) is -10.2. The lowest BCUT2D eigenvalue weighted by Crippen LogP contribution is -2.66. The van der Waals surface area contributed by atoms with E-state index in [4.69, 9.17) is 33.2 Å². The van der Waals surface area contributed by atoms with Crippen molar-refractivity contribution >= 4 is 29.5 Å². The minimum absolute atomic E-state index is 0.0859. The van der Waals surface area contributed by atoms with Crippen LogP contribution in [0.15, 0.2) is 71.1 Å². The lowest BCUT2D eigenvalue weighted by Gasteiger charge is -2.44. The van der Waals surface area contributed by atoms with Crippen LogP contribution < -0.4 is 31.3 Å². The van der Waals surface area contributed by atoms with Crippen LogP contribution in [0.25, 0.3) is 0 Å². The van der Waals surface area contributed by atoms with Gasteiger partial charge in [-0.05, 0) is 50.0 Å². The number of ether oxygens (including phenoxy) is 7. The van der Waals surface area contributed by atoms with Crippen molar-refractivity contribution < 1.29 is 124 Å². The second kappa shape index (κ2) is 40.0. The van der Waals surface area contributed by atoms with E-state index in [1.807, 2.05) is 0 Å². The Morgan fingerprint density at radius 3 is 1.94 bits per heavy atom. The lowest BCUT2D eigenvalue weighted by atomic mass is 9.96. The third kappa shape index (κ3) is 25.3. The van der Waals surface area contributed by atoms with E-state index in [-0.39, 0.29) is 12.0 Å². The highest BCUT2D eigenvalue weighted by Crippen LogP contribution is 2.30. The number of allylic oxidation sites excluding steroid dienone is 3. The molecule has 5 amide bonds. The predicted molar refractivity (Wildman–Crippen MR) is 305 cm³/mol. The van der Waals surface area contributed by atoms with Gasteiger partial charge in [-0.2, -0.15) is 0 Å². The summed E-state index contributed by atoms with van der Waals surface area (Å²) < 4.78 is 40.9. The Hall–Kier alpha value is -5.75. The molecule has 3 rings (SSSR count). The topological polar surface area (TPSA) is 473 Å². The van der Waals surface area contributed by atoms with Crippen LogP contribution in [0.1, 0.15) is 109 Å². The minimum Gasteiger partial charge on any atom is -0.510 e. The Morgan fingerprint density at radius 2 is 1.34 bits per heavy atom. The van der Waals surface area contributed by atoms with Gasteiger partial charge < -0.3 is 126 Å². The SMILES string of the molecule is CCCCCC/C=C\CCCOc1cccc(C(=O)NC2C(O)[C@H](O)C(CO)O[C@H]2O[C@@H](/C=C(/NC(C)=O)C(O)OC2C(CO)O[C@@H](OCC(CO)C/C(O)=C(/NC(C)=O)[C@@H](O)OC(CCO)/C(O)=C(\CO)NC(C)=O)[C@@H](NC(C)=O)[C@H]2O)CCO)c1. The molecule has 0 bridgehead atoms. The normalized spacial score (nSPS) is 24.8. The monoisotopic (exact) mass is 1250 g/mol. The highest BCUT2D eigenvalue weighted by atomic mass is 16.7. The molecule has 8 unspecified atom stereocenters. The van der Waals surface area contributed by atoms with Crippen molar-refractivity contribution in [3.05, 3.63) is 76.7 Å². The zero-order chi connectivity index (χ0) is 64.8. The number of unbranched alkanes of at least 4 members (excludes halogenated alkanes) is 5. The summed E-state index contributed by atoms with van der Waals surface area (Å²) in [5.41, 5.74) is -1.56. The molecule has 0 spiro atoms. The van der Waals surface area contributed by atoms with Crippen LogP contribution in [-0.2, 0) is 47.6 Å². The fourth-order valence-corrected chi connectivity index (χ4v) is 9.16. The average Bonchev–Trinajstić information content (AvgIpc) is 3.16. The van der Waals surface area contributed by atoms with Gasteiger partial charge in [0.25, 0.3) is 5.91 Å².